The molecule has 1 aliphatic rings. The number of rotatable bonds is 3. The lowest BCUT2D eigenvalue weighted by atomic mass is 9.94. The molecule has 0 saturated heterocycles. The van der Waals surface area contributed by atoms with Crippen LogP contribution >= 0.6 is 0 Å². The summed E-state index contributed by atoms with van der Waals surface area (Å²) >= 11 is 0. The molecule has 96 valence electrons. The first-order valence-electron chi connectivity index (χ1n) is 6.34. The molecule has 0 radical (unpaired) electrons. The van der Waals surface area contributed by atoms with E-state index in [0.717, 1.165) is 24.2 Å². The molecule has 1 aromatic rings. The predicted molar refractivity (Wildman–Crippen MR) is 74.8 cm³/mol. The third-order valence-corrected chi connectivity index (χ3v) is 3.18. The van der Waals surface area contributed by atoms with Crippen LogP contribution in [0.1, 0.15) is 39.2 Å². The Morgan fingerprint density at radius 3 is 2.89 bits per heavy atom. The van der Waals surface area contributed by atoms with E-state index in [2.05, 4.69) is 26.8 Å². The van der Waals surface area contributed by atoms with Gasteiger partial charge in [-0.15, -0.1) is 0 Å². The fourth-order valence-corrected chi connectivity index (χ4v) is 2.12. The van der Waals surface area contributed by atoms with Crippen molar-refractivity contribution in [3.05, 3.63) is 41.5 Å². The second-order valence-electron chi connectivity index (χ2n) is 5.26. The molecule has 0 unspecified atom stereocenters. The number of phenolic OH excluding ortho intramolecular Hbond substituents is 1. The fourth-order valence-electron chi connectivity index (χ4n) is 2.12. The highest BCUT2D eigenvalue weighted by molar-refractivity contribution is 5.66. The highest BCUT2D eigenvalue weighted by Gasteiger charge is 2.27. The molecule has 1 aromatic carbocycles. The fraction of sp³-hybridized carbons (Fsp3) is 0.375. The second-order valence-corrected chi connectivity index (χ2v) is 5.26. The highest BCUT2D eigenvalue weighted by atomic mass is 16.5. The molecule has 1 aliphatic heterocycles. The van der Waals surface area contributed by atoms with Gasteiger partial charge < -0.3 is 9.84 Å². The van der Waals surface area contributed by atoms with Gasteiger partial charge in [-0.3, -0.25) is 0 Å². The van der Waals surface area contributed by atoms with Crippen LogP contribution in [0.3, 0.4) is 0 Å². The van der Waals surface area contributed by atoms with Crippen molar-refractivity contribution in [1.82, 2.24) is 0 Å². The van der Waals surface area contributed by atoms with Crippen LogP contribution < -0.4 is 4.74 Å². The van der Waals surface area contributed by atoms with Gasteiger partial charge in [0.05, 0.1) is 5.56 Å². The maximum absolute atomic E-state index is 9.73. The SMILES string of the molecule is CC(C)=CCC[C@]1(C)C=Cc2c(O)cccc2O1. The van der Waals surface area contributed by atoms with Gasteiger partial charge in [-0.05, 0) is 57.9 Å². The van der Waals surface area contributed by atoms with Crippen molar-refractivity contribution < 1.29 is 9.84 Å². The number of aromatic hydroxyl groups is 1. The maximum Gasteiger partial charge on any atom is 0.131 e. The molecular weight excluding hydrogens is 224 g/mol. The zero-order valence-electron chi connectivity index (χ0n) is 11.2. The molecule has 0 fully saturated rings. The van der Waals surface area contributed by atoms with Crippen molar-refractivity contribution >= 4 is 6.08 Å². The van der Waals surface area contributed by atoms with E-state index in [1.165, 1.54) is 5.57 Å². The molecule has 1 atom stereocenters. The number of hydrogen-bond donors (Lipinski definition) is 1. The van der Waals surface area contributed by atoms with Crippen LogP contribution in [0.5, 0.6) is 11.5 Å². The Labute approximate surface area is 109 Å². The lowest BCUT2D eigenvalue weighted by Gasteiger charge is -2.31. The van der Waals surface area contributed by atoms with E-state index < -0.39 is 0 Å². The Morgan fingerprint density at radius 2 is 2.17 bits per heavy atom. The van der Waals surface area contributed by atoms with Crippen LogP contribution in [-0.4, -0.2) is 10.7 Å². The zero-order valence-corrected chi connectivity index (χ0v) is 11.2. The molecule has 1 N–H and O–H groups in total. The Morgan fingerprint density at radius 1 is 1.39 bits per heavy atom. The minimum Gasteiger partial charge on any atom is -0.507 e. The van der Waals surface area contributed by atoms with Gasteiger partial charge in [0.1, 0.15) is 17.1 Å². The molecular formula is C16H20O2. The average molecular weight is 244 g/mol. The van der Waals surface area contributed by atoms with Gasteiger partial charge in [0.2, 0.25) is 0 Å². The van der Waals surface area contributed by atoms with Gasteiger partial charge in [0.25, 0.3) is 0 Å². The summed E-state index contributed by atoms with van der Waals surface area (Å²) in [5, 5.41) is 9.73. The van der Waals surface area contributed by atoms with Crippen molar-refractivity contribution in [2.45, 2.75) is 39.2 Å². The van der Waals surface area contributed by atoms with Gasteiger partial charge >= 0.3 is 0 Å². The summed E-state index contributed by atoms with van der Waals surface area (Å²) in [5.41, 5.74) is 1.82. The monoisotopic (exact) mass is 244 g/mol. The first-order chi connectivity index (χ1) is 8.50. The van der Waals surface area contributed by atoms with Crippen molar-refractivity contribution in [3.63, 3.8) is 0 Å². The Balaban J connectivity index is 2.14. The molecule has 2 nitrogen and oxygen atoms in total. The number of phenols is 1. The molecule has 18 heavy (non-hydrogen) atoms. The van der Waals surface area contributed by atoms with Gasteiger partial charge in [-0.1, -0.05) is 17.7 Å². The largest absolute Gasteiger partial charge is 0.507 e. The normalized spacial score (nSPS) is 21.1. The van der Waals surface area contributed by atoms with E-state index in [1.807, 2.05) is 24.3 Å². The van der Waals surface area contributed by atoms with Gasteiger partial charge in [-0.25, -0.2) is 0 Å². The Hall–Kier alpha value is -1.70. The number of benzene rings is 1. The summed E-state index contributed by atoms with van der Waals surface area (Å²) in [4.78, 5) is 0. The van der Waals surface area contributed by atoms with Gasteiger partial charge in [0.15, 0.2) is 0 Å². The summed E-state index contributed by atoms with van der Waals surface area (Å²) in [6.45, 7) is 6.29. The summed E-state index contributed by atoms with van der Waals surface area (Å²) < 4.78 is 6.01. The maximum atomic E-state index is 9.73. The summed E-state index contributed by atoms with van der Waals surface area (Å²) in [6.07, 6.45) is 8.14. The lowest BCUT2D eigenvalue weighted by molar-refractivity contribution is 0.128. The predicted octanol–water partition coefficient (Wildman–Crippen LogP) is 4.30. The number of fused-ring (bicyclic) bond motifs is 1. The minimum atomic E-state index is -0.285. The van der Waals surface area contributed by atoms with Crippen molar-refractivity contribution in [2.75, 3.05) is 0 Å². The Kier molecular flexibility index (Phi) is 3.46. The van der Waals surface area contributed by atoms with E-state index in [4.69, 9.17) is 4.74 Å². The van der Waals surface area contributed by atoms with E-state index in [1.54, 1.807) is 6.07 Å². The molecule has 0 bridgehead atoms. The number of ether oxygens (including phenoxy) is 1. The van der Waals surface area contributed by atoms with Crippen LogP contribution in [0.4, 0.5) is 0 Å². The van der Waals surface area contributed by atoms with Crippen molar-refractivity contribution in [1.29, 1.82) is 0 Å². The topological polar surface area (TPSA) is 29.5 Å². The molecule has 0 saturated carbocycles. The van der Waals surface area contributed by atoms with Gasteiger partial charge in [0, 0.05) is 0 Å². The summed E-state index contributed by atoms with van der Waals surface area (Å²) in [6, 6.07) is 5.39. The summed E-state index contributed by atoms with van der Waals surface area (Å²) in [5.74, 6) is 1.03. The molecule has 2 rings (SSSR count). The molecule has 1 heterocycles. The first kappa shape index (κ1) is 12.7. The van der Waals surface area contributed by atoms with Crippen LogP contribution in [0, 0.1) is 0 Å². The quantitative estimate of drug-likeness (QED) is 0.803. The third-order valence-electron chi connectivity index (χ3n) is 3.18. The molecule has 2 heteroatoms. The smallest absolute Gasteiger partial charge is 0.131 e. The van der Waals surface area contributed by atoms with Crippen molar-refractivity contribution in [2.24, 2.45) is 0 Å². The van der Waals surface area contributed by atoms with Crippen molar-refractivity contribution in [3.8, 4) is 11.5 Å². The van der Waals surface area contributed by atoms with Crippen LogP contribution in [-0.2, 0) is 0 Å². The number of allylic oxidation sites excluding steroid dienone is 2. The van der Waals surface area contributed by atoms with Crippen LogP contribution in [0.15, 0.2) is 35.9 Å². The van der Waals surface area contributed by atoms with E-state index in [9.17, 15) is 5.11 Å². The second kappa shape index (κ2) is 4.89. The van der Waals surface area contributed by atoms with E-state index in [0.29, 0.717) is 0 Å². The molecule has 0 aliphatic carbocycles. The summed E-state index contributed by atoms with van der Waals surface area (Å²) in [7, 11) is 0. The first-order valence-corrected chi connectivity index (χ1v) is 6.34. The average Bonchev–Trinajstić information content (AvgIpc) is 2.28. The standard InChI is InChI=1S/C16H20O2/c1-12(2)6-5-10-16(3)11-9-13-14(17)7-4-8-15(13)18-16/h4,6-9,11,17H,5,10H2,1-3H3/t16-/m1/s1. The molecule has 0 amide bonds. The number of hydrogen-bond acceptors (Lipinski definition) is 2. The highest BCUT2D eigenvalue weighted by Crippen LogP contribution is 2.37. The van der Waals surface area contributed by atoms with Crippen LogP contribution in [0.25, 0.3) is 6.08 Å². The van der Waals surface area contributed by atoms with E-state index >= 15 is 0 Å². The van der Waals surface area contributed by atoms with Crippen LogP contribution in [0.2, 0.25) is 0 Å². The zero-order chi connectivity index (χ0) is 13.2. The van der Waals surface area contributed by atoms with Gasteiger partial charge in [-0.2, -0.15) is 0 Å². The Bertz CT molecular complexity index is 496. The minimum absolute atomic E-state index is 0.273. The molecule has 0 spiro atoms. The van der Waals surface area contributed by atoms with E-state index in [-0.39, 0.29) is 11.4 Å². The third kappa shape index (κ3) is 2.76. The lowest BCUT2D eigenvalue weighted by Crippen LogP contribution is -2.31. The molecule has 0 aromatic heterocycles.